The van der Waals surface area contributed by atoms with E-state index >= 15 is 0 Å². The quantitative estimate of drug-likeness (QED) is 0.846. The minimum Gasteiger partial charge on any atom is -0.388 e. The fourth-order valence-corrected chi connectivity index (χ4v) is 1.57. The van der Waals surface area contributed by atoms with Gasteiger partial charge in [-0.1, -0.05) is 0 Å². The molecule has 0 saturated carbocycles. The molecule has 0 bridgehead atoms. The predicted octanol–water partition coefficient (Wildman–Crippen LogP) is 2.35. The lowest BCUT2D eigenvalue weighted by Crippen LogP contribution is -2.19. The fourth-order valence-electron chi connectivity index (χ4n) is 0.980. The first-order valence-electron chi connectivity index (χ1n) is 3.95. The summed E-state index contributed by atoms with van der Waals surface area (Å²) >= 11 is 1.91. The van der Waals surface area contributed by atoms with Crippen molar-refractivity contribution in [2.45, 2.75) is 19.8 Å². The summed E-state index contributed by atoms with van der Waals surface area (Å²) in [6, 6.07) is 0. The summed E-state index contributed by atoms with van der Waals surface area (Å²) in [6.45, 7) is 1.74. The molecule has 0 saturated heterocycles. The first kappa shape index (κ1) is 12.5. The van der Waals surface area contributed by atoms with Crippen LogP contribution in [0.4, 0.5) is 13.2 Å². The normalized spacial score (nSPS) is 11.6. The monoisotopic (exact) mass is 332 g/mol. The van der Waals surface area contributed by atoms with Gasteiger partial charge in [0.15, 0.2) is 0 Å². The number of halogens is 4. The molecule has 1 aromatic heterocycles. The second-order valence-electron chi connectivity index (χ2n) is 2.78. The topological polar surface area (TPSA) is 48.1 Å². The van der Waals surface area contributed by atoms with E-state index in [4.69, 9.17) is 5.73 Å². The second-order valence-corrected chi connectivity index (χ2v) is 3.86. The molecule has 0 atom stereocenters. The maximum absolute atomic E-state index is 11.9. The molecule has 0 spiro atoms. The van der Waals surface area contributed by atoms with Crippen LogP contribution in [0.3, 0.4) is 0 Å². The Hall–Kier alpha value is -0.570. The van der Waals surface area contributed by atoms with Crippen molar-refractivity contribution in [3.63, 3.8) is 0 Å². The molecule has 0 amide bonds. The molecule has 1 aromatic rings. The van der Waals surface area contributed by atoms with E-state index in [0.717, 1.165) is 0 Å². The minimum atomic E-state index is -4.72. The van der Waals surface area contributed by atoms with Crippen LogP contribution in [0.1, 0.15) is 11.1 Å². The molecule has 0 fully saturated rings. The molecule has 7 heteroatoms. The molecular weight excluding hydrogens is 324 g/mol. The van der Waals surface area contributed by atoms with Crippen molar-refractivity contribution in [3.8, 4) is 5.88 Å². The fraction of sp³-hybridized carbons (Fsp3) is 0.375. The molecule has 0 aromatic carbocycles. The Kier molecular flexibility index (Phi) is 3.77. The number of ether oxygens (including phenoxy) is 1. The molecule has 84 valence electrons. The Morgan fingerprint density at radius 2 is 2.13 bits per heavy atom. The standard InChI is InChI=1S/C8H8F3IN2O/c1-4-6(12)5(2-13)3-14-7(4)15-8(9,10)11/h3H,2,13H2,1H3. The predicted molar refractivity (Wildman–Crippen MR) is 56.3 cm³/mol. The molecule has 0 unspecified atom stereocenters. The highest BCUT2D eigenvalue weighted by atomic mass is 127. The number of aromatic nitrogens is 1. The number of pyridine rings is 1. The van der Waals surface area contributed by atoms with Gasteiger partial charge in [-0.15, -0.1) is 13.2 Å². The summed E-state index contributed by atoms with van der Waals surface area (Å²) in [6.07, 6.45) is -3.43. The van der Waals surface area contributed by atoms with Crippen LogP contribution in [0, 0.1) is 10.5 Å². The van der Waals surface area contributed by atoms with E-state index in [1.165, 1.54) is 13.1 Å². The maximum atomic E-state index is 11.9. The molecule has 0 aliphatic carbocycles. The summed E-state index contributed by atoms with van der Waals surface area (Å²) in [5.41, 5.74) is 6.43. The second kappa shape index (κ2) is 4.52. The van der Waals surface area contributed by atoms with Crippen molar-refractivity contribution in [2.24, 2.45) is 5.73 Å². The number of rotatable bonds is 2. The third-order valence-corrected chi connectivity index (χ3v) is 3.20. The average Bonchev–Trinajstić information content (AvgIpc) is 2.11. The molecule has 1 heterocycles. The molecule has 3 nitrogen and oxygen atoms in total. The number of nitrogens with two attached hydrogens (primary N) is 1. The van der Waals surface area contributed by atoms with E-state index < -0.39 is 12.2 Å². The van der Waals surface area contributed by atoms with Gasteiger partial charge in [-0.05, 0) is 35.1 Å². The zero-order chi connectivity index (χ0) is 11.6. The summed E-state index contributed by atoms with van der Waals surface area (Å²) in [5, 5.41) is 0. The Labute approximate surface area is 98.0 Å². The van der Waals surface area contributed by atoms with Crippen molar-refractivity contribution < 1.29 is 17.9 Å². The summed E-state index contributed by atoms with van der Waals surface area (Å²) < 4.78 is 40.2. The van der Waals surface area contributed by atoms with Crippen molar-refractivity contribution in [2.75, 3.05) is 0 Å². The van der Waals surface area contributed by atoms with Gasteiger partial charge in [0.1, 0.15) is 0 Å². The van der Waals surface area contributed by atoms with E-state index in [2.05, 4.69) is 9.72 Å². The zero-order valence-corrected chi connectivity index (χ0v) is 9.89. The van der Waals surface area contributed by atoms with E-state index in [9.17, 15) is 13.2 Å². The Morgan fingerprint density at radius 1 is 1.53 bits per heavy atom. The molecule has 0 radical (unpaired) electrons. The van der Waals surface area contributed by atoms with Crippen LogP contribution in [0.2, 0.25) is 0 Å². The van der Waals surface area contributed by atoms with Crippen molar-refractivity contribution >= 4 is 22.6 Å². The number of hydrogen-bond acceptors (Lipinski definition) is 3. The smallest absolute Gasteiger partial charge is 0.388 e. The lowest BCUT2D eigenvalue weighted by molar-refractivity contribution is -0.276. The lowest BCUT2D eigenvalue weighted by atomic mass is 10.2. The Morgan fingerprint density at radius 3 is 2.60 bits per heavy atom. The Bertz CT molecular complexity index is 368. The van der Waals surface area contributed by atoms with Crippen molar-refractivity contribution in [3.05, 3.63) is 20.9 Å². The van der Waals surface area contributed by atoms with Gasteiger partial charge in [0.25, 0.3) is 0 Å². The first-order chi connectivity index (χ1) is 6.85. The van der Waals surface area contributed by atoms with E-state index in [1.54, 1.807) is 0 Å². The highest BCUT2D eigenvalue weighted by molar-refractivity contribution is 14.1. The van der Waals surface area contributed by atoms with Crippen molar-refractivity contribution in [1.29, 1.82) is 0 Å². The number of hydrogen-bond donors (Lipinski definition) is 1. The Balaban J connectivity index is 3.07. The van der Waals surface area contributed by atoms with Crippen LogP contribution in [0.15, 0.2) is 6.20 Å². The van der Waals surface area contributed by atoms with Crippen LogP contribution < -0.4 is 10.5 Å². The first-order valence-corrected chi connectivity index (χ1v) is 5.03. The van der Waals surface area contributed by atoms with Gasteiger partial charge < -0.3 is 10.5 Å². The van der Waals surface area contributed by atoms with Crippen LogP contribution >= 0.6 is 22.6 Å². The molecule has 1 rings (SSSR count). The van der Waals surface area contributed by atoms with E-state index in [1.807, 2.05) is 22.6 Å². The largest absolute Gasteiger partial charge is 0.574 e. The van der Waals surface area contributed by atoms with Crippen molar-refractivity contribution in [1.82, 2.24) is 4.98 Å². The van der Waals surface area contributed by atoms with Crippen LogP contribution in [0.25, 0.3) is 0 Å². The van der Waals surface area contributed by atoms with E-state index in [-0.39, 0.29) is 6.54 Å². The third-order valence-electron chi connectivity index (χ3n) is 1.70. The van der Waals surface area contributed by atoms with Gasteiger partial charge in [0.2, 0.25) is 5.88 Å². The highest BCUT2D eigenvalue weighted by Crippen LogP contribution is 2.28. The molecule has 15 heavy (non-hydrogen) atoms. The van der Waals surface area contributed by atoms with Gasteiger partial charge >= 0.3 is 6.36 Å². The highest BCUT2D eigenvalue weighted by Gasteiger charge is 2.32. The SMILES string of the molecule is Cc1c(OC(F)(F)F)ncc(CN)c1I. The summed E-state index contributed by atoms with van der Waals surface area (Å²) in [4.78, 5) is 3.57. The molecule has 2 N–H and O–H groups in total. The van der Waals surface area contributed by atoms with Crippen LogP contribution in [-0.4, -0.2) is 11.3 Å². The molecular formula is C8H8F3IN2O. The van der Waals surface area contributed by atoms with E-state index in [0.29, 0.717) is 14.7 Å². The van der Waals surface area contributed by atoms with Crippen LogP contribution in [0.5, 0.6) is 5.88 Å². The van der Waals surface area contributed by atoms with Gasteiger partial charge in [-0.3, -0.25) is 0 Å². The van der Waals surface area contributed by atoms with Gasteiger partial charge in [-0.25, -0.2) is 4.98 Å². The van der Waals surface area contributed by atoms with Gasteiger partial charge in [0, 0.05) is 21.9 Å². The zero-order valence-electron chi connectivity index (χ0n) is 7.73. The molecule has 0 aliphatic rings. The van der Waals surface area contributed by atoms with Gasteiger partial charge in [0.05, 0.1) is 0 Å². The maximum Gasteiger partial charge on any atom is 0.574 e. The summed E-state index contributed by atoms with van der Waals surface area (Å²) in [7, 11) is 0. The number of nitrogens with zero attached hydrogens (tertiary/aromatic N) is 1. The lowest BCUT2D eigenvalue weighted by Gasteiger charge is -2.12. The minimum absolute atomic E-state index is 0.235. The summed E-state index contributed by atoms with van der Waals surface area (Å²) in [5.74, 6) is -0.427. The third kappa shape index (κ3) is 3.20. The number of alkyl halides is 3. The molecule has 0 aliphatic heterocycles. The van der Waals surface area contributed by atoms with Gasteiger partial charge in [-0.2, -0.15) is 0 Å². The average molecular weight is 332 g/mol. The van der Waals surface area contributed by atoms with Crippen LogP contribution in [-0.2, 0) is 6.54 Å².